The minimum atomic E-state index is -5.08. The lowest BCUT2D eigenvalue weighted by molar-refractivity contribution is -0.192. The largest absolute Gasteiger partial charge is 0.490 e. The zero-order valence-electron chi connectivity index (χ0n) is 16.6. The van der Waals surface area contributed by atoms with E-state index in [9.17, 15) is 13.2 Å². The van der Waals surface area contributed by atoms with Crippen molar-refractivity contribution >= 4 is 11.5 Å². The Morgan fingerprint density at radius 1 is 1.23 bits per heavy atom. The third kappa shape index (κ3) is 4.81. The van der Waals surface area contributed by atoms with Crippen LogP contribution >= 0.6 is 0 Å². The van der Waals surface area contributed by atoms with Crippen molar-refractivity contribution in [2.45, 2.75) is 50.4 Å². The fourth-order valence-electron chi connectivity index (χ4n) is 3.84. The van der Waals surface area contributed by atoms with Crippen LogP contribution in [0, 0.1) is 0 Å². The minimum Gasteiger partial charge on any atom is -0.475 e. The summed E-state index contributed by atoms with van der Waals surface area (Å²) < 4.78 is 33.6. The van der Waals surface area contributed by atoms with Crippen LogP contribution < -0.4 is 5.32 Å². The number of carboxylic acids is 1. The molecule has 1 aliphatic rings. The number of pyridine rings is 1. The first-order valence-corrected chi connectivity index (χ1v) is 9.74. The number of hydrogen-bond donors (Lipinski definition) is 2. The van der Waals surface area contributed by atoms with Gasteiger partial charge < -0.3 is 10.4 Å². The van der Waals surface area contributed by atoms with Crippen LogP contribution in [0.3, 0.4) is 0 Å². The lowest BCUT2D eigenvalue weighted by Crippen LogP contribution is -2.50. The molecule has 2 N–H and O–H groups in total. The highest BCUT2D eigenvalue weighted by molar-refractivity contribution is 5.73. The van der Waals surface area contributed by atoms with E-state index in [-0.39, 0.29) is 0 Å². The number of halogens is 3. The first-order valence-electron chi connectivity index (χ1n) is 9.74. The smallest absolute Gasteiger partial charge is 0.475 e. The van der Waals surface area contributed by atoms with E-state index in [0.29, 0.717) is 11.5 Å². The molecule has 5 nitrogen and oxygen atoms in total. The fourth-order valence-corrected chi connectivity index (χ4v) is 3.84. The summed E-state index contributed by atoms with van der Waals surface area (Å²) in [5.41, 5.74) is 4.25. The predicted molar refractivity (Wildman–Crippen MR) is 107 cm³/mol. The summed E-state index contributed by atoms with van der Waals surface area (Å²) in [5.74, 6) is -2.76. The Kier molecular flexibility index (Phi) is 6.45. The highest BCUT2D eigenvalue weighted by Gasteiger charge is 2.43. The number of carbonyl (C=O) groups is 1. The normalized spacial score (nSPS) is 16.3. The van der Waals surface area contributed by atoms with Gasteiger partial charge in [0.2, 0.25) is 0 Å². The number of benzene rings is 1. The molecule has 3 aromatic rings. The molecular weight excluding hydrogens is 395 g/mol. The van der Waals surface area contributed by atoms with Gasteiger partial charge in [0.05, 0.1) is 5.52 Å². The van der Waals surface area contributed by atoms with Crippen molar-refractivity contribution in [3.8, 4) is 0 Å². The van der Waals surface area contributed by atoms with Crippen LogP contribution in [0.2, 0.25) is 0 Å². The maximum atomic E-state index is 10.6. The molecule has 1 aromatic carbocycles. The number of carboxylic acid groups (broad SMARTS) is 1. The van der Waals surface area contributed by atoms with E-state index in [1.807, 2.05) is 23.0 Å². The molecule has 0 aliphatic heterocycles. The standard InChI is InChI=1S/C20H23N3.C2HF3O2/c1-16(20(10-5-11-20)18-6-3-2-4-7-18)21-15-17-9-13-23-19(14-17)8-12-22-23;3-2(4,5)1(6)7/h2-4,6-9,12-14,16,21H,5,10-11,15H2,1H3;(H,6,7). The van der Waals surface area contributed by atoms with Gasteiger partial charge in [-0.15, -0.1) is 0 Å². The molecule has 0 radical (unpaired) electrons. The van der Waals surface area contributed by atoms with E-state index >= 15 is 0 Å². The molecular formula is C22H24F3N3O2. The van der Waals surface area contributed by atoms with Gasteiger partial charge in [-0.3, -0.25) is 0 Å². The summed E-state index contributed by atoms with van der Waals surface area (Å²) in [6, 6.07) is 17.9. The molecule has 0 saturated heterocycles. The van der Waals surface area contributed by atoms with Crippen LogP contribution in [0.4, 0.5) is 13.2 Å². The maximum absolute atomic E-state index is 10.6. The first-order chi connectivity index (χ1) is 14.2. The molecule has 4 rings (SSSR count). The molecule has 8 heteroatoms. The lowest BCUT2D eigenvalue weighted by Gasteiger charge is -2.47. The van der Waals surface area contributed by atoms with Crippen molar-refractivity contribution < 1.29 is 23.1 Å². The van der Waals surface area contributed by atoms with E-state index in [4.69, 9.17) is 9.90 Å². The number of hydrogen-bond acceptors (Lipinski definition) is 3. The summed E-state index contributed by atoms with van der Waals surface area (Å²) in [4.78, 5) is 8.90. The Hall–Kier alpha value is -2.87. The highest BCUT2D eigenvalue weighted by Crippen LogP contribution is 2.46. The van der Waals surface area contributed by atoms with Gasteiger partial charge in [0.15, 0.2) is 0 Å². The highest BCUT2D eigenvalue weighted by atomic mass is 19.4. The Morgan fingerprint density at radius 3 is 2.47 bits per heavy atom. The van der Waals surface area contributed by atoms with Gasteiger partial charge in [-0.2, -0.15) is 18.3 Å². The van der Waals surface area contributed by atoms with Gasteiger partial charge >= 0.3 is 12.1 Å². The molecule has 1 saturated carbocycles. The molecule has 30 heavy (non-hydrogen) atoms. The molecule has 0 amide bonds. The van der Waals surface area contributed by atoms with Crippen molar-refractivity contribution in [3.63, 3.8) is 0 Å². The van der Waals surface area contributed by atoms with Crippen molar-refractivity contribution in [2.75, 3.05) is 0 Å². The van der Waals surface area contributed by atoms with Crippen LogP contribution in [0.25, 0.3) is 5.52 Å². The van der Waals surface area contributed by atoms with Crippen molar-refractivity contribution in [2.24, 2.45) is 0 Å². The maximum Gasteiger partial charge on any atom is 0.490 e. The quantitative estimate of drug-likeness (QED) is 0.636. The number of alkyl halides is 3. The number of aliphatic carboxylic acids is 1. The molecule has 2 aromatic heterocycles. The predicted octanol–water partition coefficient (Wildman–Crippen LogP) is 4.57. The molecule has 1 fully saturated rings. The second-order valence-electron chi connectivity index (χ2n) is 7.52. The molecule has 1 unspecified atom stereocenters. The molecule has 1 aliphatic carbocycles. The zero-order valence-corrected chi connectivity index (χ0v) is 16.6. The molecule has 1 atom stereocenters. The van der Waals surface area contributed by atoms with E-state index in [1.165, 1.54) is 30.4 Å². The Balaban J connectivity index is 0.000000318. The van der Waals surface area contributed by atoms with Crippen LogP contribution in [-0.2, 0) is 16.8 Å². The number of aromatic nitrogens is 2. The lowest BCUT2D eigenvalue weighted by atomic mass is 9.60. The van der Waals surface area contributed by atoms with Gasteiger partial charge in [0.25, 0.3) is 0 Å². The summed E-state index contributed by atoms with van der Waals surface area (Å²) in [6.45, 7) is 3.24. The van der Waals surface area contributed by atoms with Crippen LogP contribution in [0.1, 0.15) is 37.3 Å². The number of rotatable bonds is 5. The van der Waals surface area contributed by atoms with Crippen LogP contribution in [-0.4, -0.2) is 32.9 Å². The monoisotopic (exact) mass is 419 g/mol. The topological polar surface area (TPSA) is 66.6 Å². The van der Waals surface area contributed by atoms with E-state index in [0.717, 1.165) is 12.1 Å². The Morgan fingerprint density at radius 2 is 1.90 bits per heavy atom. The van der Waals surface area contributed by atoms with Crippen molar-refractivity contribution in [1.29, 1.82) is 0 Å². The van der Waals surface area contributed by atoms with E-state index in [1.54, 1.807) is 0 Å². The molecule has 160 valence electrons. The Bertz CT molecular complexity index is 982. The third-order valence-corrected chi connectivity index (χ3v) is 5.74. The van der Waals surface area contributed by atoms with Crippen molar-refractivity contribution in [1.82, 2.24) is 14.9 Å². The summed E-state index contributed by atoms with van der Waals surface area (Å²) >= 11 is 0. The zero-order chi connectivity index (χ0) is 21.8. The Labute approximate surface area is 172 Å². The van der Waals surface area contributed by atoms with E-state index < -0.39 is 12.1 Å². The van der Waals surface area contributed by atoms with Crippen LogP contribution in [0.5, 0.6) is 0 Å². The average Bonchev–Trinajstić information content (AvgIpc) is 3.14. The summed E-state index contributed by atoms with van der Waals surface area (Å²) in [6.07, 6.45) is 2.70. The average molecular weight is 419 g/mol. The second kappa shape index (κ2) is 8.87. The SMILES string of the molecule is CC(NCc1ccn2nccc2c1)C1(c2ccccc2)CCC1.O=C(O)C(F)(F)F. The van der Waals surface area contributed by atoms with Crippen LogP contribution in [0.15, 0.2) is 60.9 Å². The van der Waals surface area contributed by atoms with Gasteiger partial charge in [0.1, 0.15) is 0 Å². The summed E-state index contributed by atoms with van der Waals surface area (Å²) in [5, 5.41) is 15.1. The van der Waals surface area contributed by atoms with Crippen molar-refractivity contribution in [3.05, 3.63) is 72.1 Å². The third-order valence-electron chi connectivity index (χ3n) is 5.74. The van der Waals surface area contributed by atoms with E-state index in [2.05, 4.69) is 59.8 Å². The molecule has 2 heterocycles. The van der Waals surface area contributed by atoms with Gasteiger partial charge in [0, 0.05) is 30.4 Å². The first kappa shape index (κ1) is 21.8. The second-order valence-corrected chi connectivity index (χ2v) is 7.52. The molecule has 0 spiro atoms. The van der Waals surface area contributed by atoms with Gasteiger partial charge in [-0.25, -0.2) is 9.31 Å². The van der Waals surface area contributed by atoms with Gasteiger partial charge in [-0.1, -0.05) is 36.8 Å². The summed E-state index contributed by atoms with van der Waals surface area (Å²) in [7, 11) is 0. The number of nitrogens with zero attached hydrogens (tertiary/aromatic N) is 2. The minimum absolute atomic E-state index is 0.308. The number of fused-ring (bicyclic) bond motifs is 1. The van der Waals surface area contributed by atoms with Gasteiger partial charge in [-0.05, 0) is 49.1 Å². The fraction of sp³-hybridized carbons (Fsp3) is 0.364. The molecule has 0 bridgehead atoms. The number of nitrogens with one attached hydrogen (secondary N) is 1.